The fourth-order valence-corrected chi connectivity index (χ4v) is 2.45. The van der Waals surface area contributed by atoms with E-state index in [0.29, 0.717) is 12.2 Å². The Kier molecular flexibility index (Phi) is 1.43. The topological polar surface area (TPSA) is 31.0 Å². The summed E-state index contributed by atoms with van der Waals surface area (Å²) in [6, 6.07) is 0. The van der Waals surface area contributed by atoms with Crippen LogP contribution >= 0.6 is 0 Å². The Labute approximate surface area is 78.3 Å². The highest BCUT2D eigenvalue weighted by Crippen LogP contribution is 2.52. The Morgan fingerprint density at radius 2 is 1.54 bits per heavy atom. The molecule has 2 atom stereocenters. The van der Waals surface area contributed by atoms with Gasteiger partial charge in [-0.2, -0.15) is 0 Å². The van der Waals surface area contributed by atoms with Crippen molar-refractivity contribution in [3.8, 4) is 0 Å². The number of hydrogen-bond donors (Lipinski definition) is 0. The monoisotopic (exact) mass is 184 g/mol. The number of hydrogen-bond acceptors (Lipinski definition) is 3. The molecule has 2 unspecified atom stereocenters. The summed E-state index contributed by atoms with van der Waals surface area (Å²) in [5.74, 6) is -0.376. The minimum Gasteiger partial charge on any atom is -0.370 e. The molecule has 3 fully saturated rings. The molecule has 3 aliphatic rings. The molecule has 1 aliphatic carbocycles. The van der Waals surface area contributed by atoms with Crippen LogP contribution in [-0.4, -0.2) is 31.2 Å². The van der Waals surface area contributed by atoms with E-state index in [0.717, 1.165) is 26.1 Å². The van der Waals surface area contributed by atoms with Crippen molar-refractivity contribution in [1.82, 2.24) is 0 Å². The average Bonchev–Trinajstić information content (AvgIpc) is 2.68. The van der Waals surface area contributed by atoms with Gasteiger partial charge in [0.25, 0.3) is 0 Å². The Hall–Kier alpha value is -0.120. The van der Waals surface area contributed by atoms with Gasteiger partial charge in [-0.15, -0.1) is 0 Å². The first-order valence-electron chi connectivity index (χ1n) is 5.02. The van der Waals surface area contributed by atoms with Crippen molar-refractivity contribution in [2.24, 2.45) is 5.41 Å². The highest BCUT2D eigenvalue weighted by Gasteiger charge is 2.57. The molecule has 0 radical (unpaired) electrons. The average molecular weight is 184 g/mol. The van der Waals surface area contributed by atoms with Gasteiger partial charge in [-0.25, -0.2) is 0 Å². The minimum atomic E-state index is -0.376. The minimum absolute atomic E-state index is 0.281. The number of rotatable bonds is 0. The molecular weight excluding hydrogens is 168 g/mol. The van der Waals surface area contributed by atoms with Gasteiger partial charge in [0.2, 0.25) is 0 Å². The second kappa shape index (κ2) is 2.27. The fraction of sp³-hybridized carbons (Fsp3) is 1.00. The van der Waals surface area contributed by atoms with E-state index in [4.69, 9.17) is 14.2 Å². The molecule has 0 bridgehead atoms. The maximum atomic E-state index is 5.69. The van der Waals surface area contributed by atoms with E-state index in [1.807, 2.05) is 13.8 Å². The van der Waals surface area contributed by atoms with Gasteiger partial charge in [0.05, 0.1) is 25.4 Å². The lowest BCUT2D eigenvalue weighted by Gasteiger charge is -2.41. The van der Waals surface area contributed by atoms with Crippen LogP contribution < -0.4 is 0 Å². The van der Waals surface area contributed by atoms with Crippen LogP contribution in [0.2, 0.25) is 0 Å². The van der Waals surface area contributed by atoms with Crippen LogP contribution in [0, 0.1) is 5.41 Å². The van der Waals surface area contributed by atoms with Crippen LogP contribution in [0.5, 0.6) is 0 Å². The third-order valence-corrected chi connectivity index (χ3v) is 3.41. The van der Waals surface area contributed by atoms with Crippen molar-refractivity contribution in [3.05, 3.63) is 0 Å². The Morgan fingerprint density at radius 1 is 1.00 bits per heavy atom. The van der Waals surface area contributed by atoms with Gasteiger partial charge < -0.3 is 14.2 Å². The number of fused-ring (bicyclic) bond motifs is 1. The summed E-state index contributed by atoms with van der Waals surface area (Å²) >= 11 is 0. The zero-order chi connectivity index (χ0) is 9.10. The summed E-state index contributed by atoms with van der Waals surface area (Å²) in [6.07, 6.45) is 3.31. The van der Waals surface area contributed by atoms with Gasteiger partial charge in [-0.05, 0) is 26.7 Å². The lowest BCUT2D eigenvalue weighted by Crippen LogP contribution is -2.46. The molecule has 0 amide bonds. The van der Waals surface area contributed by atoms with E-state index >= 15 is 0 Å². The van der Waals surface area contributed by atoms with Crippen LogP contribution in [0.4, 0.5) is 0 Å². The summed E-state index contributed by atoms with van der Waals surface area (Å²) in [5.41, 5.74) is 0.281. The molecule has 2 heterocycles. The first-order valence-corrected chi connectivity index (χ1v) is 5.02. The molecular formula is C10H16O3. The van der Waals surface area contributed by atoms with E-state index in [-0.39, 0.29) is 11.2 Å². The smallest absolute Gasteiger partial charge is 0.162 e. The molecule has 0 aromatic carbocycles. The van der Waals surface area contributed by atoms with Crippen LogP contribution in [0.25, 0.3) is 0 Å². The Bertz CT molecular complexity index is 214. The fourth-order valence-electron chi connectivity index (χ4n) is 2.45. The predicted octanol–water partition coefficient (Wildman–Crippen LogP) is 1.32. The van der Waals surface area contributed by atoms with Gasteiger partial charge in [0.1, 0.15) is 0 Å². The van der Waals surface area contributed by atoms with E-state index < -0.39 is 0 Å². The van der Waals surface area contributed by atoms with Crippen molar-refractivity contribution in [2.75, 3.05) is 13.2 Å². The summed E-state index contributed by atoms with van der Waals surface area (Å²) in [7, 11) is 0. The molecule has 0 N–H and O–H groups in total. The molecule has 0 aromatic rings. The van der Waals surface area contributed by atoms with Crippen LogP contribution in [0.3, 0.4) is 0 Å². The molecule has 3 nitrogen and oxygen atoms in total. The van der Waals surface area contributed by atoms with Crippen LogP contribution in [0.15, 0.2) is 0 Å². The normalized spacial score (nSPS) is 44.8. The highest BCUT2D eigenvalue weighted by atomic mass is 16.7. The largest absolute Gasteiger partial charge is 0.370 e. The number of epoxide rings is 1. The Morgan fingerprint density at radius 3 is 2.08 bits per heavy atom. The zero-order valence-electron chi connectivity index (χ0n) is 8.21. The van der Waals surface area contributed by atoms with E-state index in [2.05, 4.69) is 0 Å². The lowest BCUT2D eigenvalue weighted by molar-refractivity contribution is -0.287. The van der Waals surface area contributed by atoms with Crippen molar-refractivity contribution < 1.29 is 14.2 Å². The van der Waals surface area contributed by atoms with Crippen molar-refractivity contribution in [3.63, 3.8) is 0 Å². The third kappa shape index (κ3) is 1.30. The maximum absolute atomic E-state index is 5.69. The predicted molar refractivity (Wildman–Crippen MR) is 46.3 cm³/mol. The first kappa shape index (κ1) is 8.21. The summed E-state index contributed by atoms with van der Waals surface area (Å²) in [5, 5.41) is 0. The van der Waals surface area contributed by atoms with Gasteiger partial charge in [0, 0.05) is 5.41 Å². The first-order chi connectivity index (χ1) is 6.09. The van der Waals surface area contributed by atoms with Crippen molar-refractivity contribution >= 4 is 0 Å². The van der Waals surface area contributed by atoms with Gasteiger partial charge in [-0.1, -0.05) is 0 Å². The molecule has 74 valence electrons. The maximum Gasteiger partial charge on any atom is 0.162 e. The second-order valence-electron chi connectivity index (χ2n) is 5.10. The summed E-state index contributed by atoms with van der Waals surface area (Å²) in [6.45, 7) is 5.64. The number of ether oxygens (including phenoxy) is 3. The van der Waals surface area contributed by atoms with Gasteiger partial charge in [-0.3, -0.25) is 0 Å². The van der Waals surface area contributed by atoms with E-state index in [9.17, 15) is 0 Å². The summed E-state index contributed by atoms with van der Waals surface area (Å²) in [4.78, 5) is 0. The van der Waals surface area contributed by atoms with E-state index in [1.165, 1.54) is 0 Å². The lowest BCUT2D eigenvalue weighted by atomic mass is 9.86. The van der Waals surface area contributed by atoms with E-state index in [1.54, 1.807) is 0 Å². The van der Waals surface area contributed by atoms with Crippen LogP contribution in [0.1, 0.15) is 26.7 Å². The zero-order valence-corrected chi connectivity index (χ0v) is 8.21. The summed E-state index contributed by atoms with van der Waals surface area (Å²) < 4.78 is 16.8. The molecule has 2 saturated heterocycles. The van der Waals surface area contributed by atoms with Crippen molar-refractivity contribution in [2.45, 2.75) is 44.7 Å². The SMILES string of the molecule is CC1(C)OCC2(CO1)CC1OC1C2. The van der Waals surface area contributed by atoms with Crippen LogP contribution in [-0.2, 0) is 14.2 Å². The standard InChI is InChI=1S/C10H16O3/c1-9(2)11-5-10(6-12-9)3-7-8(4-10)13-7/h7-8H,3-6H2,1-2H3. The quantitative estimate of drug-likeness (QED) is 0.532. The molecule has 3 rings (SSSR count). The van der Waals surface area contributed by atoms with Gasteiger partial charge >= 0.3 is 0 Å². The Balaban J connectivity index is 1.68. The molecule has 1 saturated carbocycles. The molecule has 1 spiro atoms. The second-order valence-corrected chi connectivity index (χ2v) is 5.10. The molecule has 0 aromatic heterocycles. The molecule has 3 heteroatoms. The molecule has 13 heavy (non-hydrogen) atoms. The van der Waals surface area contributed by atoms with Crippen molar-refractivity contribution in [1.29, 1.82) is 0 Å². The third-order valence-electron chi connectivity index (χ3n) is 3.41. The van der Waals surface area contributed by atoms with Gasteiger partial charge in [0.15, 0.2) is 5.79 Å². The molecule has 2 aliphatic heterocycles. The highest BCUT2D eigenvalue weighted by molar-refractivity contribution is 5.04.